The number of esters is 1. The van der Waals surface area contributed by atoms with Gasteiger partial charge in [0.25, 0.3) is 11.8 Å². The maximum Gasteiger partial charge on any atom is 0.307 e. The Kier molecular flexibility index (Phi) is 10.3. The summed E-state index contributed by atoms with van der Waals surface area (Å²) in [6.45, 7) is 2.47. The molecule has 39 heavy (non-hydrogen) atoms. The van der Waals surface area contributed by atoms with Crippen molar-refractivity contribution in [2.75, 3.05) is 30.4 Å². The van der Waals surface area contributed by atoms with Gasteiger partial charge in [-0.25, -0.2) is 0 Å². The van der Waals surface area contributed by atoms with E-state index in [2.05, 4.69) is 5.32 Å². The van der Waals surface area contributed by atoms with E-state index >= 15 is 0 Å². The molecular weight excluding hydrogens is 541 g/mol. The molecule has 0 saturated heterocycles. The van der Waals surface area contributed by atoms with E-state index in [9.17, 15) is 14.4 Å². The van der Waals surface area contributed by atoms with Crippen LogP contribution in [0.1, 0.15) is 57.2 Å². The molecule has 0 aliphatic carbocycles. The summed E-state index contributed by atoms with van der Waals surface area (Å²) < 4.78 is 11.2. The van der Waals surface area contributed by atoms with Gasteiger partial charge in [-0.2, -0.15) is 0 Å². The molecule has 10 heteroatoms. The molecule has 3 N–H and O–H groups in total. The van der Waals surface area contributed by atoms with Crippen molar-refractivity contribution in [1.29, 1.82) is 0 Å². The molecule has 4 rings (SSSR count). The van der Waals surface area contributed by atoms with Crippen LogP contribution in [-0.4, -0.2) is 38.0 Å². The summed E-state index contributed by atoms with van der Waals surface area (Å²) in [6.07, 6.45) is 0.709. The van der Waals surface area contributed by atoms with Gasteiger partial charge in [0.1, 0.15) is 11.9 Å². The first-order chi connectivity index (χ1) is 18.3. The van der Waals surface area contributed by atoms with Crippen LogP contribution in [0.5, 0.6) is 5.75 Å². The van der Waals surface area contributed by atoms with Gasteiger partial charge in [-0.3, -0.25) is 14.4 Å². The van der Waals surface area contributed by atoms with Crippen LogP contribution in [0, 0.1) is 6.92 Å². The molecule has 1 heterocycles. The fourth-order valence-corrected chi connectivity index (χ4v) is 4.71. The smallest absolute Gasteiger partial charge is 0.307 e. The molecule has 0 spiro atoms. The van der Waals surface area contributed by atoms with Gasteiger partial charge in [0.2, 0.25) is 0 Å². The predicted octanol–water partition coefficient (Wildman–Crippen LogP) is 5.70. The molecule has 0 bridgehead atoms. The molecule has 1 aliphatic rings. The number of halogens is 2. The molecule has 1 aliphatic heterocycles. The molecule has 2 amide bonds. The fourth-order valence-electron chi connectivity index (χ4n) is 4.53. The summed E-state index contributed by atoms with van der Waals surface area (Å²) in [5.41, 5.74) is 9.03. The summed E-state index contributed by atoms with van der Waals surface area (Å²) in [5.74, 6) is -0.606. The average Bonchev–Trinajstić information content (AvgIpc) is 3.07. The highest BCUT2D eigenvalue weighted by molar-refractivity contribution is 6.30. The zero-order valence-corrected chi connectivity index (χ0v) is 23.3. The third kappa shape index (κ3) is 6.89. The van der Waals surface area contributed by atoms with Crippen molar-refractivity contribution in [2.45, 2.75) is 32.3 Å². The molecule has 206 valence electrons. The average molecular weight is 572 g/mol. The Morgan fingerprint density at radius 1 is 1.08 bits per heavy atom. The second-order valence-electron chi connectivity index (χ2n) is 9.00. The monoisotopic (exact) mass is 571 g/mol. The SMILES string of the molecule is COc1cc(NC(=O)c2ccccc2C)ccc1C(=O)N1CCCC(OC(=O)CCN)c2cc(Cl)ccc21.Cl. The number of nitrogens with zero attached hydrogens (tertiary/aromatic N) is 1. The lowest BCUT2D eigenvalue weighted by atomic mass is 10.0. The van der Waals surface area contributed by atoms with E-state index in [-0.39, 0.29) is 37.2 Å². The van der Waals surface area contributed by atoms with Crippen molar-refractivity contribution in [1.82, 2.24) is 0 Å². The van der Waals surface area contributed by atoms with Gasteiger partial charge in [-0.15, -0.1) is 12.4 Å². The molecule has 0 saturated carbocycles. The predicted molar refractivity (Wildman–Crippen MR) is 154 cm³/mol. The molecule has 0 fully saturated rings. The van der Waals surface area contributed by atoms with Crippen molar-refractivity contribution < 1.29 is 23.9 Å². The highest BCUT2D eigenvalue weighted by atomic mass is 35.5. The zero-order valence-electron chi connectivity index (χ0n) is 21.7. The van der Waals surface area contributed by atoms with Crippen LogP contribution in [0.4, 0.5) is 11.4 Å². The normalized spacial score (nSPS) is 14.4. The molecule has 3 aromatic rings. The third-order valence-electron chi connectivity index (χ3n) is 6.42. The molecule has 1 atom stereocenters. The lowest BCUT2D eigenvalue weighted by molar-refractivity contribution is -0.149. The number of nitrogens with one attached hydrogen (secondary N) is 1. The maximum absolute atomic E-state index is 13.8. The number of hydrogen-bond donors (Lipinski definition) is 2. The molecule has 0 aromatic heterocycles. The number of ether oxygens (including phenoxy) is 2. The number of aryl methyl sites for hydroxylation is 1. The Morgan fingerprint density at radius 2 is 1.85 bits per heavy atom. The fraction of sp³-hybridized carbons (Fsp3) is 0.276. The lowest BCUT2D eigenvalue weighted by Crippen LogP contribution is -2.32. The van der Waals surface area contributed by atoms with Gasteiger partial charge in [0, 0.05) is 41.0 Å². The highest BCUT2D eigenvalue weighted by Crippen LogP contribution is 2.38. The van der Waals surface area contributed by atoms with Crippen LogP contribution in [0.25, 0.3) is 0 Å². The third-order valence-corrected chi connectivity index (χ3v) is 6.66. The van der Waals surface area contributed by atoms with Crippen molar-refractivity contribution in [3.8, 4) is 5.75 Å². The zero-order chi connectivity index (χ0) is 27.2. The van der Waals surface area contributed by atoms with Crippen molar-refractivity contribution >= 4 is 53.2 Å². The number of nitrogens with two attached hydrogens (primary N) is 1. The minimum Gasteiger partial charge on any atom is -0.496 e. The van der Waals surface area contributed by atoms with E-state index in [4.69, 9.17) is 26.8 Å². The van der Waals surface area contributed by atoms with Gasteiger partial charge >= 0.3 is 5.97 Å². The van der Waals surface area contributed by atoms with Crippen LogP contribution in [-0.2, 0) is 9.53 Å². The quantitative estimate of drug-likeness (QED) is 0.351. The summed E-state index contributed by atoms with van der Waals surface area (Å²) in [5, 5.41) is 3.35. The minimum atomic E-state index is -0.540. The number of amides is 2. The number of methoxy groups -OCH3 is 1. The van der Waals surface area contributed by atoms with Crippen molar-refractivity contribution in [3.63, 3.8) is 0 Å². The van der Waals surface area contributed by atoms with Crippen LogP contribution >= 0.6 is 24.0 Å². The van der Waals surface area contributed by atoms with E-state index in [0.29, 0.717) is 58.2 Å². The van der Waals surface area contributed by atoms with Crippen molar-refractivity contribution in [3.05, 3.63) is 87.9 Å². The lowest BCUT2D eigenvalue weighted by Gasteiger charge is -2.25. The van der Waals surface area contributed by atoms with E-state index in [1.54, 1.807) is 53.4 Å². The second kappa shape index (κ2) is 13.5. The Hall–Kier alpha value is -3.59. The number of hydrogen-bond acceptors (Lipinski definition) is 6. The Labute approximate surface area is 238 Å². The number of anilines is 2. The first-order valence-electron chi connectivity index (χ1n) is 12.4. The van der Waals surface area contributed by atoms with Gasteiger partial charge in [0.05, 0.1) is 24.8 Å². The van der Waals surface area contributed by atoms with E-state index in [0.717, 1.165) is 5.56 Å². The van der Waals surface area contributed by atoms with Crippen LogP contribution in [0.15, 0.2) is 60.7 Å². The van der Waals surface area contributed by atoms with E-state index < -0.39 is 12.1 Å². The maximum atomic E-state index is 13.8. The largest absolute Gasteiger partial charge is 0.496 e. The molecule has 8 nitrogen and oxygen atoms in total. The summed E-state index contributed by atoms with van der Waals surface area (Å²) in [4.78, 5) is 40.4. The summed E-state index contributed by atoms with van der Waals surface area (Å²) >= 11 is 6.28. The van der Waals surface area contributed by atoms with E-state index in [1.165, 1.54) is 7.11 Å². The summed E-state index contributed by atoms with van der Waals surface area (Å²) in [6, 6.07) is 17.4. The van der Waals surface area contributed by atoms with Gasteiger partial charge in [-0.1, -0.05) is 29.8 Å². The first-order valence-corrected chi connectivity index (χ1v) is 12.8. The van der Waals surface area contributed by atoms with Crippen LogP contribution < -0.4 is 20.7 Å². The number of rotatable bonds is 7. The summed E-state index contributed by atoms with van der Waals surface area (Å²) in [7, 11) is 1.47. The minimum absolute atomic E-state index is 0. The van der Waals surface area contributed by atoms with Gasteiger partial charge < -0.3 is 25.4 Å². The highest BCUT2D eigenvalue weighted by Gasteiger charge is 2.30. The van der Waals surface area contributed by atoms with Gasteiger partial charge in [0.15, 0.2) is 0 Å². The standard InChI is InChI=1S/C29H30ClN3O5.ClH/c1-18-6-3-4-7-21(18)28(35)32-20-10-11-22(26(17-20)37-2)29(36)33-15-5-8-25(38-27(34)13-14-31)23-16-19(30)9-12-24(23)33;/h3-4,6-7,9-12,16-17,25H,5,8,13-15,31H2,1-2H3,(H,32,35);1H. The number of benzene rings is 3. The van der Waals surface area contributed by atoms with E-state index in [1.807, 2.05) is 19.1 Å². The molecule has 1 unspecified atom stereocenters. The molecular formula is C29H31Cl2N3O5. The second-order valence-corrected chi connectivity index (χ2v) is 9.44. The number of carbonyl (C=O) groups excluding carboxylic acids is 3. The molecule has 0 radical (unpaired) electrons. The number of fused-ring (bicyclic) bond motifs is 1. The Morgan fingerprint density at radius 3 is 2.56 bits per heavy atom. The molecule has 3 aromatic carbocycles. The Balaban J connectivity index is 0.00000420. The van der Waals surface area contributed by atoms with Crippen LogP contribution in [0.2, 0.25) is 5.02 Å². The van der Waals surface area contributed by atoms with Crippen LogP contribution in [0.3, 0.4) is 0 Å². The number of carbonyl (C=O) groups is 3. The van der Waals surface area contributed by atoms with Crippen molar-refractivity contribution in [2.24, 2.45) is 5.73 Å². The Bertz CT molecular complexity index is 1360. The van der Waals surface area contributed by atoms with Gasteiger partial charge in [-0.05, 0) is 61.7 Å². The first kappa shape index (κ1) is 30.0. The topological polar surface area (TPSA) is 111 Å².